The van der Waals surface area contributed by atoms with Crippen LogP contribution in [0.5, 0.6) is 0 Å². The lowest BCUT2D eigenvalue weighted by atomic mass is 9.85. The quantitative estimate of drug-likeness (QED) is 0.870. The van der Waals surface area contributed by atoms with Gasteiger partial charge in [0.1, 0.15) is 11.9 Å². The molecule has 25 heavy (non-hydrogen) atoms. The lowest BCUT2D eigenvalue weighted by Gasteiger charge is -2.38. The highest BCUT2D eigenvalue weighted by molar-refractivity contribution is 5.82. The van der Waals surface area contributed by atoms with Crippen LogP contribution in [0, 0.1) is 0 Å². The van der Waals surface area contributed by atoms with Gasteiger partial charge in [-0.25, -0.2) is 0 Å². The van der Waals surface area contributed by atoms with E-state index in [1.807, 2.05) is 7.05 Å². The van der Waals surface area contributed by atoms with Crippen molar-refractivity contribution in [1.82, 2.24) is 25.0 Å². The third-order valence-corrected chi connectivity index (χ3v) is 6.16. The molecule has 1 N–H and O–H groups in total. The van der Waals surface area contributed by atoms with Crippen molar-refractivity contribution in [2.75, 3.05) is 19.8 Å². The van der Waals surface area contributed by atoms with Gasteiger partial charge in [0.05, 0.1) is 19.8 Å². The number of nitrogens with one attached hydrogen (secondary N) is 1. The summed E-state index contributed by atoms with van der Waals surface area (Å²) < 4.78 is 7.64. The van der Waals surface area contributed by atoms with Crippen molar-refractivity contribution in [1.29, 1.82) is 0 Å². The predicted octanol–water partition coefficient (Wildman–Crippen LogP) is 1.34. The second-order valence-electron chi connectivity index (χ2n) is 7.65. The molecule has 1 aliphatic heterocycles. The fourth-order valence-corrected chi connectivity index (χ4v) is 4.35. The van der Waals surface area contributed by atoms with E-state index in [2.05, 4.69) is 25.0 Å². The molecule has 3 aliphatic rings. The van der Waals surface area contributed by atoms with Gasteiger partial charge in [0.2, 0.25) is 5.91 Å². The van der Waals surface area contributed by atoms with Crippen LogP contribution in [-0.4, -0.2) is 57.4 Å². The molecule has 0 bridgehead atoms. The summed E-state index contributed by atoms with van der Waals surface area (Å²) in [5.74, 6) is 2.50. The maximum absolute atomic E-state index is 12.8. The van der Waals surface area contributed by atoms with Gasteiger partial charge in [0.15, 0.2) is 5.82 Å². The number of carbonyl (C=O) groups excluding carboxylic acids is 1. The molecule has 2 aliphatic carbocycles. The molecule has 4 rings (SSSR count). The number of ether oxygens (including phenoxy) is 1. The van der Waals surface area contributed by atoms with Crippen LogP contribution < -0.4 is 5.32 Å². The number of aromatic nitrogens is 3. The van der Waals surface area contributed by atoms with Crippen molar-refractivity contribution < 1.29 is 9.53 Å². The number of carbonyl (C=O) groups is 1. The molecule has 1 aromatic heterocycles. The first-order valence-electron chi connectivity index (χ1n) is 9.73. The van der Waals surface area contributed by atoms with Crippen LogP contribution in [0.2, 0.25) is 0 Å². The largest absolute Gasteiger partial charge is 0.378 e. The highest BCUT2D eigenvalue weighted by Crippen LogP contribution is 2.35. The molecule has 2 saturated carbocycles. The summed E-state index contributed by atoms with van der Waals surface area (Å²) >= 11 is 0. The zero-order chi connectivity index (χ0) is 17.2. The van der Waals surface area contributed by atoms with E-state index in [0.29, 0.717) is 25.1 Å². The summed E-state index contributed by atoms with van der Waals surface area (Å²) in [7, 11) is 2.00. The van der Waals surface area contributed by atoms with Gasteiger partial charge in [0.25, 0.3) is 0 Å². The molecule has 2 heterocycles. The number of amides is 1. The van der Waals surface area contributed by atoms with E-state index in [1.54, 1.807) is 0 Å². The molecule has 0 aromatic carbocycles. The summed E-state index contributed by atoms with van der Waals surface area (Å²) in [5.41, 5.74) is 0. The molecule has 1 amide bonds. The fourth-order valence-electron chi connectivity index (χ4n) is 4.35. The maximum atomic E-state index is 12.8. The van der Waals surface area contributed by atoms with Crippen LogP contribution in [0.1, 0.15) is 62.5 Å². The number of nitrogens with zero attached hydrogens (tertiary/aromatic N) is 4. The minimum absolute atomic E-state index is 0.0554. The summed E-state index contributed by atoms with van der Waals surface area (Å²) in [6.07, 6.45) is 8.65. The highest BCUT2D eigenvalue weighted by Gasteiger charge is 2.35. The molecular formula is C18H29N5O2. The fraction of sp³-hybridized carbons (Fsp3) is 0.833. The third kappa shape index (κ3) is 3.44. The molecule has 1 saturated heterocycles. The van der Waals surface area contributed by atoms with E-state index >= 15 is 0 Å². The van der Waals surface area contributed by atoms with Gasteiger partial charge in [-0.05, 0) is 25.7 Å². The number of hydrogen-bond donors (Lipinski definition) is 1. The Hall–Kier alpha value is -1.47. The standard InChI is InChI=1S/C18H29N5O2/c1-22-16(20-21-17(22)13-5-4-6-13)11-19-18(24)15-12-25-10-9-23(15)14-7-2-3-8-14/h13-15H,2-12H2,1H3,(H,19,24)/t15-/m0/s1. The Morgan fingerprint density at radius 1 is 1.20 bits per heavy atom. The number of hydrogen-bond acceptors (Lipinski definition) is 5. The average Bonchev–Trinajstić information content (AvgIpc) is 3.23. The van der Waals surface area contributed by atoms with Crippen LogP contribution in [-0.2, 0) is 23.1 Å². The second-order valence-corrected chi connectivity index (χ2v) is 7.65. The van der Waals surface area contributed by atoms with Crippen LogP contribution in [0.25, 0.3) is 0 Å². The summed E-state index contributed by atoms with van der Waals surface area (Å²) in [5, 5.41) is 11.7. The predicted molar refractivity (Wildman–Crippen MR) is 93.0 cm³/mol. The van der Waals surface area contributed by atoms with E-state index < -0.39 is 0 Å². The minimum Gasteiger partial charge on any atom is -0.378 e. The van der Waals surface area contributed by atoms with Gasteiger partial charge in [-0.2, -0.15) is 0 Å². The van der Waals surface area contributed by atoms with E-state index in [1.165, 1.54) is 44.9 Å². The van der Waals surface area contributed by atoms with Crippen molar-refractivity contribution >= 4 is 5.91 Å². The van der Waals surface area contributed by atoms with E-state index in [-0.39, 0.29) is 11.9 Å². The Bertz CT molecular complexity index is 607. The van der Waals surface area contributed by atoms with Gasteiger partial charge < -0.3 is 14.6 Å². The molecule has 7 nitrogen and oxygen atoms in total. The third-order valence-electron chi connectivity index (χ3n) is 6.16. The lowest BCUT2D eigenvalue weighted by molar-refractivity contribution is -0.134. The van der Waals surface area contributed by atoms with Crippen molar-refractivity contribution in [3.8, 4) is 0 Å². The Morgan fingerprint density at radius 3 is 2.72 bits per heavy atom. The van der Waals surface area contributed by atoms with E-state index in [4.69, 9.17) is 4.74 Å². The molecule has 7 heteroatoms. The lowest BCUT2D eigenvalue weighted by Crippen LogP contribution is -2.56. The molecule has 1 atom stereocenters. The molecule has 0 unspecified atom stereocenters. The molecule has 138 valence electrons. The average molecular weight is 347 g/mol. The maximum Gasteiger partial charge on any atom is 0.240 e. The molecule has 3 fully saturated rings. The van der Waals surface area contributed by atoms with Crippen molar-refractivity contribution in [3.05, 3.63) is 11.6 Å². The normalized spacial score (nSPS) is 25.9. The SMILES string of the molecule is Cn1c(CNC(=O)[C@@H]2COCCN2C2CCCC2)nnc1C1CCC1. The van der Waals surface area contributed by atoms with E-state index in [0.717, 1.165) is 24.8 Å². The van der Waals surface area contributed by atoms with Crippen LogP contribution in [0.4, 0.5) is 0 Å². The zero-order valence-corrected chi connectivity index (χ0v) is 15.1. The first kappa shape index (κ1) is 17.0. The van der Waals surface area contributed by atoms with Crippen LogP contribution >= 0.6 is 0 Å². The van der Waals surface area contributed by atoms with Crippen LogP contribution in [0.15, 0.2) is 0 Å². The Kier molecular flexibility index (Phi) is 5.03. The van der Waals surface area contributed by atoms with Crippen molar-refractivity contribution in [3.63, 3.8) is 0 Å². The monoisotopic (exact) mass is 347 g/mol. The van der Waals surface area contributed by atoms with E-state index in [9.17, 15) is 4.79 Å². The zero-order valence-electron chi connectivity index (χ0n) is 15.1. The van der Waals surface area contributed by atoms with Gasteiger partial charge in [-0.3, -0.25) is 9.69 Å². The van der Waals surface area contributed by atoms with Crippen molar-refractivity contribution in [2.45, 2.75) is 69.5 Å². The number of rotatable bonds is 5. The first-order valence-corrected chi connectivity index (χ1v) is 9.73. The molecular weight excluding hydrogens is 318 g/mol. The Morgan fingerprint density at radius 2 is 2.00 bits per heavy atom. The van der Waals surface area contributed by atoms with Gasteiger partial charge in [0, 0.05) is 25.6 Å². The Labute approximate surface area is 149 Å². The van der Waals surface area contributed by atoms with Gasteiger partial charge in [-0.1, -0.05) is 19.3 Å². The summed E-state index contributed by atoms with van der Waals surface area (Å²) in [4.78, 5) is 15.1. The Balaban J connectivity index is 1.36. The number of morpholine rings is 1. The van der Waals surface area contributed by atoms with Gasteiger partial charge in [-0.15, -0.1) is 10.2 Å². The summed E-state index contributed by atoms with van der Waals surface area (Å²) in [6.45, 7) is 2.52. The minimum atomic E-state index is -0.170. The highest BCUT2D eigenvalue weighted by atomic mass is 16.5. The van der Waals surface area contributed by atoms with Gasteiger partial charge >= 0.3 is 0 Å². The summed E-state index contributed by atoms with van der Waals surface area (Å²) in [6, 6.07) is 0.371. The topological polar surface area (TPSA) is 72.3 Å². The first-order chi connectivity index (χ1) is 12.2. The molecule has 0 spiro atoms. The second kappa shape index (κ2) is 7.41. The van der Waals surface area contributed by atoms with Crippen molar-refractivity contribution in [2.24, 2.45) is 7.05 Å². The molecule has 1 aromatic rings. The smallest absolute Gasteiger partial charge is 0.240 e. The molecule has 0 radical (unpaired) electrons. The van der Waals surface area contributed by atoms with Crippen LogP contribution in [0.3, 0.4) is 0 Å².